The van der Waals surface area contributed by atoms with E-state index in [1.54, 1.807) is 0 Å². The van der Waals surface area contributed by atoms with E-state index in [-0.39, 0.29) is 18.0 Å². The van der Waals surface area contributed by atoms with Crippen molar-refractivity contribution >= 4 is 12.4 Å². The number of piperidine rings is 1. The van der Waals surface area contributed by atoms with Gasteiger partial charge in [-0.15, -0.1) is 12.4 Å². The van der Waals surface area contributed by atoms with E-state index in [2.05, 4.69) is 40.5 Å². The molecule has 21 heavy (non-hydrogen) atoms. The lowest BCUT2D eigenvalue weighted by Gasteiger charge is -2.47. The Balaban J connectivity index is 0.00000132. The smallest absolute Gasteiger partial charge is 0.0839 e. The first-order chi connectivity index (χ1) is 9.81. The largest absolute Gasteiger partial charge is 0.372 e. The number of rotatable bonds is 2. The quantitative estimate of drug-likeness (QED) is 0.909. The van der Waals surface area contributed by atoms with Gasteiger partial charge in [0.25, 0.3) is 0 Å². The molecule has 2 atom stereocenters. The van der Waals surface area contributed by atoms with E-state index in [0.717, 1.165) is 26.2 Å². The monoisotopic (exact) mass is 308 g/mol. The number of morpholine rings is 1. The van der Waals surface area contributed by atoms with Gasteiger partial charge in [-0.1, -0.05) is 30.3 Å². The van der Waals surface area contributed by atoms with Gasteiger partial charge in [-0.05, 0) is 31.2 Å². The molecule has 0 saturated carbocycles. The molecular weight excluding hydrogens is 284 g/mol. The lowest BCUT2D eigenvalue weighted by atomic mass is 9.85. The zero-order chi connectivity index (χ0) is 13.4. The predicted molar refractivity (Wildman–Crippen MR) is 86.8 cm³/mol. The number of fused-ring (bicyclic) bond motifs is 2. The summed E-state index contributed by atoms with van der Waals surface area (Å²) < 4.78 is 6.27. The standard InChI is InChI=1S/C17H24N2O.ClH/c1-2-4-14(5-3-1)12-19-8-9-20-17(13-19)10-15-6-7-16(11-17)18-15;/h1-5,15-16,18H,6-13H2;1H. The first kappa shape index (κ1) is 15.3. The zero-order valence-corrected chi connectivity index (χ0v) is 13.3. The molecule has 4 heteroatoms. The van der Waals surface area contributed by atoms with Gasteiger partial charge in [0.1, 0.15) is 0 Å². The molecule has 0 aromatic heterocycles. The molecule has 3 heterocycles. The van der Waals surface area contributed by atoms with Gasteiger partial charge < -0.3 is 10.1 Å². The Labute approximate surface area is 133 Å². The van der Waals surface area contributed by atoms with Crippen LogP contribution in [0.25, 0.3) is 0 Å². The molecular formula is C17H25ClN2O. The Morgan fingerprint density at radius 3 is 2.57 bits per heavy atom. The van der Waals surface area contributed by atoms with E-state index >= 15 is 0 Å². The fraction of sp³-hybridized carbons (Fsp3) is 0.647. The Hall–Kier alpha value is -0.610. The molecule has 3 fully saturated rings. The van der Waals surface area contributed by atoms with Crippen molar-refractivity contribution in [3.05, 3.63) is 35.9 Å². The number of nitrogens with one attached hydrogen (secondary N) is 1. The molecule has 1 aromatic rings. The number of hydrogen-bond acceptors (Lipinski definition) is 3. The lowest BCUT2D eigenvalue weighted by molar-refractivity contribution is -0.133. The molecule has 0 radical (unpaired) electrons. The van der Waals surface area contributed by atoms with Crippen LogP contribution in [0.3, 0.4) is 0 Å². The van der Waals surface area contributed by atoms with Crippen molar-refractivity contribution in [2.75, 3.05) is 19.7 Å². The summed E-state index contributed by atoms with van der Waals surface area (Å²) in [7, 11) is 0. The van der Waals surface area contributed by atoms with Crippen LogP contribution in [0.4, 0.5) is 0 Å². The summed E-state index contributed by atoms with van der Waals surface area (Å²) in [6.45, 7) is 4.14. The Bertz CT molecular complexity index is 455. The van der Waals surface area contributed by atoms with Crippen molar-refractivity contribution in [3.8, 4) is 0 Å². The second kappa shape index (κ2) is 6.25. The maximum Gasteiger partial charge on any atom is 0.0839 e. The van der Waals surface area contributed by atoms with Gasteiger partial charge in [0, 0.05) is 31.7 Å². The Morgan fingerprint density at radius 2 is 1.86 bits per heavy atom. The summed E-state index contributed by atoms with van der Waals surface area (Å²) >= 11 is 0. The second-order valence-corrected chi connectivity index (χ2v) is 6.77. The van der Waals surface area contributed by atoms with Gasteiger partial charge in [-0.25, -0.2) is 0 Å². The minimum Gasteiger partial charge on any atom is -0.372 e. The summed E-state index contributed by atoms with van der Waals surface area (Å²) in [6, 6.07) is 12.2. The summed E-state index contributed by atoms with van der Waals surface area (Å²) in [5, 5.41) is 3.73. The molecule has 116 valence electrons. The number of ether oxygens (including phenoxy) is 1. The highest BCUT2D eigenvalue weighted by Gasteiger charge is 2.46. The lowest BCUT2D eigenvalue weighted by Crippen LogP contribution is -2.58. The maximum absolute atomic E-state index is 6.27. The van der Waals surface area contributed by atoms with Gasteiger partial charge in [-0.2, -0.15) is 0 Å². The van der Waals surface area contributed by atoms with E-state index in [9.17, 15) is 0 Å². The molecule has 3 aliphatic rings. The van der Waals surface area contributed by atoms with Crippen molar-refractivity contribution < 1.29 is 4.74 Å². The molecule has 1 spiro atoms. The van der Waals surface area contributed by atoms with Gasteiger partial charge in [0.15, 0.2) is 0 Å². The number of benzene rings is 1. The zero-order valence-electron chi connectivity index (χ0n) is 12.5. The fourth-order valence-corrected chi connectivity index (χ4v) is 4.35. The van der Waals surface area contributed by atoms with Crippen LogP contribution in [-0.2, 0) is 11.3 Å². The van der Waals surface area contributed by atoms with E-state index in [1.807, 2.05) is 0 Å². The molecule has 3 aliphatic heterocycles. The van der Waals surface area contributed by atoms with E-state index in [1.165, 1.54) is 31.2 Å². The van der Waals surface area contributed by atoms with Crippen molar-refractivity contribution in [2.24, 2.45) is 0 Å². The van der Waals surface area contributed by atoms with Crippen LogP contribution in [0.15, 0.2) is 30.3 Å². The molecule has 2 bridgehead atoms. The van der Waals surface area contributed by atoms with Crippen LogP contribution in [0.5, 0.6) is 0 Å². The summed E-state index contributed by atoms with van der Waals surface area (Å²) in [4.78, 5) is 2.59. The van der Waals surface area contributed by atoms with Crippen LogP contribution in [-0.4, -0.2) is 42.3 Å². The Kier molecular flexibility index (Phi) is 4.55. The number of hydrogen-bond donors (Lipinski definition) is 1. The molecule has 3 saturated heterocycles. The van der Waals surface area contributed by atoms with Crippen molar-refractivity contribution in [2.45, 2.75) is 49.9 Å². The van der Waals surface area contributed by atoms with Gasteiger partial charge >= 0.3 is 0 Å². The van der Waals surface area contributed by atoms with Gasteiger partial charge in [0.05, 0.1) is 12.2 Å². The van der Waals surface area contributed by atoms with E-state index in [4.69, 9.17) is 4.74 Å². The predicted octanol–water partition coefficient (Wildman–Crippen LogP) is 2.59. The normalized spacial score (nSPS) is 35.6. The molecule has 1 N–H and O–H groups in total. The summed E-state index contributed by atoms with van der Waals surface area (Å²) in [6.07, 6.45) is 5.09. The van der Waals surface area contributed by atoms with Gasteiger partial charge in [-0.3, -0.25) is 4.90 Å². The minimum absolute atomic E-state index is 0. The molecule has 3 nitrogen and oxygen atoms in total. The topological polar surface area (TPSA) is 24.5 Å². The molecule has 0 amide bonds. The van der Waals surface area contributed by atoms with E-state index in [0.29, 0.717) is 12.1 Å². The maximum atomic E-state index is 6.27. The van der Waals surface area contributed by atoms with Crippen LogP contribution >= 0.6 is 12.4 Å². The minimum atomic E-state index is 0. The third-order valence-corrected chi connectivity index (χ3v) is 5.15. The van der Waals surface area contributed by atoms with Crippen LogP contribution < -0.4 is 5.32 Å². The van der Waals surface area contributed by atoms with E-state index < -0.39 is 0 Å². The highest BCUT2D eigenvalue weighted by Crippen LogP contribution is 2.38. The third-order valence-electron chi connectivity index (χ3n) is 5.15. The second-order valence-electron chi connectivity index (χ2n) is 6.77. The Morgan fingerprint density at radius 1 is 1.14 bits per heavy atom. The first-order valence-electron chi connectivity index (χ1n) is 7.98. The molecule has 0 aliphatic carbocycles. The summed E-state index contributed by atoms with van der Waals surface area (Å²) in [5.74, 6) is 0. The van der Waals surface area contributed by atoms with Crippen LogP contribution in [0.2, 0.25) is 0 Å². The van der Waals surface area contributed by atoms with Gasteiger partial charge in [0.2, 0.25) is 0 Å². The SMILES string of the molecule is Cl.c1ccc(CN2CCOC3(CC4CCC(C3)N4)C2)cc1. The van der Waals surface area contributed by atoms with Crippen molar-refractivity contribution in [1.82, 2.24) is 10.2 Å². The number of halogens is 1. The van der Waals surface area contributed by atoms with Crippen LogP contribution in [0.1, 0.15) is 31.2 Å². The third kappa shape index (κ3) is 3.26. The van der Waals surface area contributed by atoms with Crippen molar-refractivity contribution in [3.63, 3.8) is 0 Å². The molecule has 1 aromatic carbocycles. The average molecular weight is 309 g/mol. The van der Waals surface area contributed by atoms with Crippen LogP contribution in [0, 0.1) is 0 Å². The summed E-state index contributed by atoms with van der Waals surface area (Å²) in [5.41, 5.74) is 1.55. The number of nitrogens with zero attached hydrogens (tertiary/aromatic N) is 1. The average Bonchev–Trinajstić information content (AvgIpc) is 2.80. The molecule has 2 unspecified atom stereocenters. The highest BCUT2D eigenvalue weighted by molar-refractivity contribution is 5.85. The first-order valence-corrected chi connectivity index (χ1v) is 7.98. The molecule has 4 rings (SSSR count). The highest BCUT2D eigenvalue weighted by atomic mass is 35.5. The van der Waals surface area contributed by atoms with Crippen molar-refractivity contribution in [1.29, 1.82) is 0 Å². The fourth-order valence-electron chi connectivity index (χ4n) is 4.35.